The number of aryl methyl sites for hydroxylation is 2. The molecule has 1 spiro atoms. The van der Waals surface area contributed by atoms with Crippen LogP contribution in [0.3, 0.4) is 0 Å². The quantitative estimate of drug-likeness (QED) is 0.238. The number of fused-ring (bicyclic) bond motifs is 5. The van der Waals surface area contributed by atoms with Gasteiger partial charge in [0, 0.05) is 10.6 Å². The zero-order chi connectivity index (χ0) is 30.2. The van der Waals surface area contributed by atoms with Crippen LogP contribution in [0.15, 0.2) is 75.9 Å². The van der Waals surface area contributed by atoms with E-state index < -0.39 is 28.8 Å². The van der Waals surface area contributed by atoms with Crippen LogP contribution in [0.4, 0.5) is 10.8 Å². The molecule has 9 nitrogen and oxygen atoms in total. The molecular formula is C32H22ClN3O6S. The maximum Gasteiger partial charge on any atom is 0.350 e. The van der Waals surface area contributed by atoms with E-state index in [0.29, 0.717) is 22.0 Å². The molecule has 1 unspecified atom stereocenters. The van der Waals surface area contributed by atoms with E-state index in [1.165, 1.54) is 12.0 Å². The fraction of sp³-hybridized carbons (Fsp3) is 0.156. The molecule has 0 radical (unpaired) electrons. The number of para-hydroxylation sites is 1. The minimum absolute atomic E-state index is 0.0606. The fourth-order valence-electron chi connectivity index (χ4n) is 5.97. The molecule has 2 aliphatic heterocycles. The molecule has 4 heterocycles. The van der Waals surface area contributed by atoms with Crippen molar-refractivity contribution in [3.8, 4) is 0 Å². The first-order valence-corrected chi connectivity index (χ1v) is 14.5. The maximum absolute atomic E-state index is 15.0. The van der Waals surface area contributed by atoms with Gasteiger partial charge in [0.1, 0.15) is 10.5 Å². The van der Waals surface area contributed by atoms with Gasteiger partial charge < -0.3 is 14.1 Å². The molecule has 0 fully saturated rings. The molecule has 2 aliphatic rings. The maximum atomic E-state index is 15.0. The molecule has 0 bridgehead atoms. The van der Waals surface area contributed by atoms with Crippen molar-refractivity contribution in [2.24, 2.45) is 0 Å². The van der Waals surface area contributed by atoms with Gasteiger partial charge in [0.15, 0.2) is 16.1 Å². The van der Waals surface area contributed by atoms with Crippen LogP contribution in [-0.2, 0) is 21.6 Å². The Kier molecular flexibility index (Phi) is 6.05. The first-order valence-electron chi connectivity index (χ1n) is 13.3. The van der Waals surface area contributed by atoms with Gasteiger partial charge in [-0.25, -0.2) is 9.78 Å². The molecule has 0 aliphatic carbocycles. The number of rotatable bonds is 4. The molecule has 0 N–H and O–H groups in total. The largest absolute Gasteiger partial charge is 0.465 e. The van der Waals surface area contributed by atoms with E-state index in [0.717, 1.165) is 22.5 Å². The number of ether oxygens (including phenoxy) is 1. The predicted octanol–water partition coefficient (Wildman–Crippen LogP) is 5.76. The lowest BCUT2D eigenvalue weighted by Crippen LogP contribution is -2.53. The van der Waals surface area contributed by atoms with E-state index in [1.807, 2.05) is 19.1 Å². The van der Waals surface area contributed by atoms with Crippen molar-refractivity contribution in [3.63, 3.8) is 0 Å². The van der Waals surface area contributed by atoms with Crippen LogP contribution in [0.25, 0.3) is 11.0 Å². The number of esters is 1. The molecule has 11 heteroatoms. The monoisotopic (exact) mass is 611 g/mol. The Balaban J connectivity index is 1.55. The number of hydrogen-bond donors (Lipinski definition) is 0. The minimum atomic E-state index is -1.94. The summed E-state index contributed by atoms with van der Waals surface area (Å²) in [5.74, 6) is -2.11. The molecule has 2 aromatic heterocycles. The number of amides is 2. The molecule has 3 aromatic carbocycles. The lowest BCUT2D eigenvalue weighted by atomic mass is 9.84. The zero-order valence-corrected chi connectivity index (χ0v) is 24.7. The van der Waals surface area contributed by atoms with E-state index in [9.17, 15) is 19.2 Å². The van der Waals surface area contributed by atoms with Gasteiger partial charge in [0.25, 0.3) is 11.8 Å². The van der Waals surface area contributed by atoms with Crippen LogP contribution in [0.2, 0.25) is 5.02 Å². The summed E-state index contributed by atoms with van der Waals surface area (Å²) in [6.07, 6.45) is 0. The summed E-state index contributed by atoms with van der Waals surface area (Å²) in [4.78, 5) is 63.9. The molecule has 5 aromatic rings. The summed E-state index contributed by atoms with van der Waals surface area (Å²) in [6, 6.07) is 19.2. The van der Waals surface area contributed by atoms with E-state index in [-0.39, 0.29) is 38.8 Å². The zero-order valence-electron chi connectivity index (χ0n) is 23.1. The topological polar surface area (TPSA) is 110 Å². The number of hydrogen-bond acceptors (Lipinski definition) is 8. The number of carbonyl (C=O) groups excluding carboxylic acids is 3. The summed E-state index contributed by atoms with van der Waals surface area (Å²) >= 11 is 7.02. The van der Waals surface area contributed by atoms with Crippen molar-refractivity contribution in [2.75, 3.05) is 16.9 Å². The Morgan fingerprint density at radius 3 is 2.53 bits per heavy atom. The van der Waals surface area contributed by atoms with Crippen molar-refractivity contribution < 1.29 is 23.5 Å². The number of aromatic nitrogens is 1. The summed E-state index contributed by atoms with van der Waals surface area (Å²) in [7, 11) is 1.25. The van der Waals surface area contributed by atoms with E-state index in [4.69, 9.17) is 20.8 Å². The van der Waals surface area contributed by atoms with Crippen molar-refractivity contribution in [3.05, 3.63) is 121 Å². The van der Waals surface area contributed by atoms with Crippen molar-refractivity contribution in [2.45, 2.75) is 25.9 Å². The number of halogens is 1. The lowest BCUT2D eigenvalue weighted by molar-refractivity contribution is -0.121. The van der Waals surface area contributed by atoms with Gasteiger partial charge in [-0.15, -0.1) is 0 Å². The summed E-state index contributed by atoms with van der Waals surface area (Å²) in [5, 5.41) is 0.861. The summed E-state index contributed by atoms with van der Waals surface area (Å²) < 4.78 is 11.1. The number of benzene rings is 3. The van der Waals surface area contributed by atoms with Gasteiger partial charge >= 0.3 is 5.97 Å². The number of anilines is 2. The predicted molar refractivity (Wildman–Crippen MR) is 162 cm³/mol. The average Bonchev–Trinajstić information content (AvgIpc) is 3.59. The Labute approximate surface area is 253 Å². The second kappa shape index (κ2) is 9.62. The normalized spacial score (nSPS) is 17.2. The lowest BCUT2D eigenvalue weighted by Gasteiger charge is -2.32. The van der Waals surface area contributed by atoms with Crippen LogP contribution in [0, 0.1) is 13.8 Å². The van der Waals surface area contributed by atoms with Gasteiger partial charge in [-0.05, 0) is 49.7 Å². The number of methoxy groups -OCH3 is 1. The van der Waals surface area contributed by atoms with Crippen molar-refractivity contribution in [1.82, 2.24) is 4.98 Å². The van der Waals surface area contributed by atoms with E-state index in [1.54, 1.807) is 66.4 Å². The second-order valence-electron chi connectivity index (χ2n) is 10.4. The van der Waals surface area contributed by atoms with Gasteiger partial charge in [0.05, 0.1) is 36.0 Å². The highest BCUT2D eigenvalue weighted by atomic mass is 35.5. The third-order valence-corrected chi connectivity index (χ3v) is 9.26. The first-order chi connectivity index (χ1) is 20.7. The van der Waals surface area contributed by atoms with Gasteiger partial charge in [-0.2, -0.15) is 0 Å². The molecule has 2 amide bonds. The van der Waals surface area contributed by atoms with Gasteiger partial charge in [-0.3, -0.25) is 19.3 Å². The Bertz CT molecular complexity index is 2090. The smallest absolute Gasteiger partial charge is 0.350 e. The number of carbonyl (C=O) groups is 3. The number of thiazole rings is 1. The molecule has 0 saturated carbocycles. The van der Waals surface area contributed by atoms with Gasteiger partial charge in [0.2, 0.25) is 5.76 Å². The fourth-order valence-corrected chi connectivity index (χ4v) is 7.13. The van der Waals surface area contributed by atoms with Crippen LogP contribution in [0.5, 0.6) is 0 Å². The summed E-state index contributed by atoms with van der Waals surface area (Å²) in [6.45, 7) is 3.61. The molecule has 1 atom stereocenters. The first kappa shape index (κ1) is 27.1. The summed E-state index contributed by atoms with van der Waals surface area (Å²) in [5.41, 5.74) is 0.588. The SMILES string of the molecule is COC(=O)c1sc(N2C(=O)c3oc4ccc(C)cc4c(=O)c3C23C(=O)N(Cc2ccc(Cl)cc2)c2ccccc23)nc1C. The molecular weight excluding hydrogens is 590 g/mol. The molecule has 214 valence electrons. The van der Waals surface area contributed by atoms with Crippen LogP contribution in [-0.4, -0.2) is 29.9 Å². The third kappa shape index (κ3) is 3.73. The molecule has 7 rings (SSSR count). The van der Waals surface area contributed by atoms with E-state index in [2.05, 4.69) is 4.98 Å². The van der Waals surface area contributed by atoms with Crippen LogP contribution < -0.4 is 15.2 Å². The van der Waals surface area contributed by atoms with Crippen molar-refractivity contribution >= 4 is 62.5 Å². The Morgan fingerprint density at radius 2 is 1.79 bits per heavy atom. The Hall–Kier alpha value is -4.80. The Morgan fingerprint density at radius 1 is 1.05 bits per heavy atom. The molecule has 43 heavy (non-hydrogen) atoms. The third-order valence-electron chi connectivity index (χ3n) is 7.88. The van der Waals surface area contributed by atoms with Gasteiger partial charge in [-0.1, -0.05) is 64.9 Å². The van der Waals surface area contributed by atoms with E-state index >= 15 is 0 Å². The highest BCUT2D eigenvalue weighted by Crippen LogP contribution is 2.55. The minimum Gasteiger partial charge on any atom is -0.465 e. The second-order valence-corrected chi connectivity index (χ2v) is 11.8. The van der Waals surface area contributed by atoms with Crippen LogP contribution in [0.1, 0.15) is 48.2 Å². The highest BCUT2D eigenvalue weighted by Gasteiger charge is 2.66. The van der Waals surface area contributed by atoms with Crippen molar-refractivity contribution in [1.29, 1.82) is 0 Å². The standard InChI is InChI=1S/C32H22ClN3O6S/c1-16-8-13-23-20(14-16)25(37)24-26(42-23)28(38)36(31-34-17(2)27(43-31)29(39)41-3)32(24)21-6-4-5-7-22(21)35(30(32)40)15-18-9-11-19(33)12-10-18/h4-14H,15H2,1-3H3. The molecule has 0 saturated heterocycles. The van der Waals surface area contributed by atoms with Crippen LogP contribution >= 0.6 is 22.9 Å². The average molecular weight is 612 g/mol. The highest BCUT2D eigenvalue weighted by molar-refractivity contribution is 7.17. The number of nitrogens with zero attached hydrogens (tertiary/aromatic N) is 3.